The van der Waals surface area contributed by atoms with E-state index in [4.69, 9.17) is 4.98 Å². The number of allylic oxidation sites excluding steroid dienone is 1. The van der Waals surface area contributed by atoms with Gasteiger partial charge in [-0.1, -0.05) is 54.6 Å². The molecular weight excluding hydrogens is 334 g/mol. The maximum absolute atomic E-state index is 12.8. The lowest BCUT2D eigenvalue weighted by Crippen LogP contribution is -2.19. The van der Waals surface area contributed by atoms with Crippen molar-refractivity contribution >= 4 is 28.6 Å². The molecule has 134 valence electrons. The van der Waals surface area contributed by atoms with Crippen molar-refractivity contribution in [3.05, 3.63) is 83.6 Å². The van der Waals surface area contributed by atoms with Crippen LogP contribution in [0.15, 0.2) is 71.8 Å². The molecule has 0 spiro atoms. The number of para-hydroxylation sites is 1. The number of fused-ring (bicyclic) bond motifs is 1. The van der Waals surface area contributed by atoms with Crippen molar-refractivity contribution < 1.29 is 4.79 Å². The molecule has 0 unspecified atom stereocenters. The summed E-state index contributed by atoms with van der Waals surface area (Å²) in [6.45, 7) is 1.86. The van der Waals surface area contributed by atoms with E-state index in [0.29, 0.717) is 11.5 Å². The SMILES string of the molecule is CC(/C=C/c1ccccc1)=N\NC(=O)c1cc(C2CC2)nc2ccccc12. The number of carbonyl (C=O) groups is 1. The Labute approximate surface area is 158 Å². The van der Waals surface area contributed by atoms with E-state index in [1.165, 1.54) is 0 Å². The molecule has 1 aromatic heterocycles. The van der Waals surface area contributed by atoms with E-state index in [-0.39, 0.29) is 5.91 Å². The number of hydrazone groups is 1. The fourth-order valence-electron chi connectivity index (χ4n) is 2.99. The average Bonchev–Trinajstić information content (AvgIpc) is 3.56. The first-order chi connectivity index (χ1) is 13.2. The third-order valence-electron chi connectivity index (χ3n) is 4.63. The van der Waals surface area contributed by atoms with E-state index in [2.05, 4.69) is 10.5 Å². The van der Waals surface area contributed by atoms with Gasteiger partial charge >= 0.3 is 0 Å². The van der Waals surface area contributed by atoms with Crippen LogP contribution in [-0.2, 0) is 0 Å². The Morgan fingerprint density at radius 3 is 2.63 bits per heavy atom. The summed E-state index contributed by atoms with van der Waals surface area (Å²) in [4.78, 5) is 17.5. The number of aromatic nitrogens is 1. The lowest BCUT2D eigenvalue weighted by Gasteiger charge is -2.08. The minimum absolute atomic E-state index is 0.206. The molecule has 0 atom stereocenters. The Morgan fingerprint density at radius 2 is 1.85 bits per heavy atom. The number of amides is 1. The van der Waals surface area contributed by atoms with Crippen molar-refractivity contribution in [2.24, 2.45) is 5.10 Å². The van der Waals surface area contributed by atoms with E-state index < -0.39 is 0 Å². The first kappa shape index (κ1) is 17.2. The van der Waals surface area contributed by atoms with Gasteiger partial charge in [-0.25, -0.2) is 5.43 Å². The largest absolute Gasteiger partial charge is 0.272 e. The zero-order valence-corrected chi connectivity index (χ0v) is 15.2. The van der Waals surface area contributed by atoms with Gasteiger partial charge in [0.15, 0.2) is 0 Å². The van der Waals surface area contributed by atoms with Gasteiger partial charge in [-0.3, -0.25) is 9.78 Å². The van der Waals surface area contributed by atoms with Gasteiger partial charge in [-0.15, -0.1) is 0 Å². The van der Waals surface area contributed by atoms with Crippen LogP contribution in [0.4, 0.5) is 0 Å². The zero-order valence-electron chi connectivity index (χ0n) is 15.2. The van der Waals surface area contributed by atoms with E-state index in [1.807, 2.05) is 79.7 Å². The topological polar surface area (TPSA) is 54.4 Å². The molecule has 1 heterocycles. The quantitative estimate of drug-likeness (QED) is 0.521. The second-order valence-corrected chi connectivity index (χ2v) is 6.82. The summed E-state index contributed by atoms with van der Waals surface area (Å²) in [6, 6.07) is 19.7. The number of hydrogen-bond donors (Lipinski definition) is 1. The van der Waals surface area contributed by atoms with Crippen LogP contribution in [0.1, 0.15) is 47.3 Å². The van der Waals surface area contributed by atoms with Crippen LogP contribution in [-0.4, -0.2) is 16.6 Å². The second kappa shape index (κ2) is 7.54. The molecule has 27 heavy (non-hydrogen) atoms. The average molecular weight is 355 g/mol. The molecule has 0 aliphatic heterocycles. The van der Waals surface area contributed by atoms with Crippen LogP contribution < -0.4 is 5.43 Å². The molecule has 2 aromatic carbocycles. The number of rotatable bonds is 5. The van der Waals surface area contributed by atoms with Gasteiger partial charge in [0, 0.05) is 17.0 Å². The normalized spacial score (nSPS) is 14.6. The summed E-state index contributed by atoms with van der Waals surface area (Å²) in [6.07, 6.45) is 6.15. The molecule has 1 aliphatic rings. The molecule has 4 nitrogen and oxygen atoms in total. The van der Waals surface area contributed by atoms with E-state index in [0.717, 1.165) is 40.7 Å². The zero-order chi connectivity index (χ0) is 18.6. The Bertz CT molecular complexity index is 1030. The van der Waals surface area contributed by atoms with Crippen LogP contribution in [0.3, 0.4) is 0 Å². The van der Waals surface area contributed by atoms with Crippen molar-refractivity contribution in [1.82, 2.24) is 10.4 Å². The maximum Gasteiger partial charge on any atom is 0.272 e. The summed E-state index contributed by atoms with van der Waals surface area (Å²) in [5.41, 5.74) is 7.00. The number of nitrogens with one attached hydrogen (secondary N) is 1. The predicted molar refractivity (Wildman–Crippen MR) is 110 cm³/mol. The molecule has 4 heteroatoms. The van der Waals surface area contributed by atoms with Crippen molar-refractivity contribution in [2.45, 2.75) is 25.7 Å². The molecule has 1 saturated carbocycles. The van der Waals surface area contributed by atoms with Crippen LogP contribution >= 0.6 is 0 Å². The second-order valence-electron chi connectivity index (χ2n) is 6.82. The van der Waals surface area contributed by atoms with Gasteiger partial charge < -0.3 is 0 Å². The molecule has 1 N–H and O–H groups in total. The number of hydrogen-bond acceptors (Lipinski definition) is 3. The van der Waals surface area contributed by atoms with Gasteiger partial charge in [-0.05, 0) is 43.5 Å². The summed E-state index contributed by atoms with van der Waals surface area (Å²) < 4.78 is 0. The van der Waals surface area contributed by atoms with E-state index in [1.54, 1.807) is 0 Å². The molecule has 0 saturated heterocycles. The Hall–Kier alpha value is -3.27. The van der Waals surface area contributed by atoms with Gasteiger partial charge in [0.1, 0.15) is 0 Å². The lowest BCUT2D eigenvalue weighted by atomic mass is 10.1. The van der Waals surface area contributed by atoms with Crippen LogP contribution in [0, 0.1) is 0 Å². The molecule has 0 radical (unpaired) electrons. The lowest BCUT2D eigenvalue weighted by molar-refractivity contribution is 0.0956. The van der Waals surface area contributed by atoms with E-state index >= 15 is 0 Å². The third kappa shape index (κ3) is 4.11. The smallest absolute Gasteiger partial charge is 0.267 e. The molecular formula is C23H21N3O. The monoisotopic (exact) mass is 355 g/mol. The molecule has 1 amide bonds. The van der Waals surface area contributed by atoms with Crippen LogP contribution in [0.25, 0.3) is 17.0 Å². The summed E-state index contributed by atoms with van der Waals surface area (Å²) >= 11 is 0. The molecule has 0 bridgehead atoms. The van der Waals surface area contributed by atoms with Crippen LogP contribution in [0.2, 0.25) is 0 Å². The predicted octanol–water partition coefficient (Wildman–Crippen LogP) is 4.93. The van der Waals surface area contributed by atoms with Crippen LogP contribution in [0.5, 0.6) is 0 Å². The first-order valence-corrected chi connectivity index (χ1v) is 9.18. The first-order valence-electron chi connectivity index (χ1n) is 9.18. The van der Waals surface area contributed by atoms with E-state index in [9.17, 15) is 4.79 Å². The third-order valence-corrected chi connectivity index (χ3v) is 4.63. The minimum Gasteiger partial charge on any atom is -0.267 e. The molecule has 4 rings (SSSR count). The maximum atomic E-state index is 12.8. The molecule has 1 fully saturated rings. The Kier molecular flexibility index (Phi) is 4.79. The number of carbonyl (C=O) groups excluding carboxylic acids is 1. The highest BCUT2D eigenvalue weighted by Crippen LogP contribution is 2.40. The standard InChI is InChI=1S/C23H21N3O/c1-16(11-12-17-7-3-2-4-8-17)25-26-23(27)20-15-22(18-13-14-18)24-21-10-6-5-9-19(20)21/h2-12,15,18H,13-14H2,1H3,(H,26,27)/b12-11+,25-16+. The molecule has 3 aromatic rings. The number of pyridine rings is 1. The fourth-order valence-corrected chi connectivity index (χ4v) is 2.99. The Morgan fingerprint density at radius 1 is 1.11 bits per heavy atom. The highest BCUT2D eigenvalue weighted by Gasteiger charge is 2.26. The highest BCUT2D eigenvalue weighted by atomic mass is 16.2. The minimum atomic E-state index is -0.206. The van der Waals surface area contributed by atoms with Crippen molar-refractivity contribution in [3.63, 3.8) is 0 Å². The fraction of sp³-hybridized carbons (Fsp3) is 0.174. The van der Waals surface area contributed by atoms with Gasteiger partial charge in [0.25, 0.3) is 5.91 Å². The van der Waals surface area contributed by atoms with Crippen molar-refractivity contribution in [1.29, 1.82) is 0 Å². The van der Waals surface area contributed by atoms with Crippen molar-refractivity contribution in [2.75, 3.05) is 0 Å². The Balaban J connectivity index is 1.55. The van der Waals surface area contributed by atoms with Gasteiger partial charge in [-0.2, -0.15) is 5.10 Å². The number of nitrogens with zero attached hydrogens (tertiary/aromatic N) is 2. The summed E-state index contributed by atoms with van der Waals surface area (Å²) in [5, 5.41) is 5.08. The summed E-state index contributed by atoms with van der Waals surface area (Å²) in [5.74, 6) is 0.281. The molecule has 1 aliphatic carbocycles. The highest BCUT2D eigenvalue weighted by molar-refractivity contribution is 6.07. The van der Waals surface area contributed by atoms with Gasteiger partial charge in [0.2, 0.25) is 0 Å². The number of benzene rings is 2. The van der Waals surface area contributed by atoms with Gasteiger partial charge in [0.05, 0.1) is 16.8 Å². The summed E-state index contributed by atoms with van der Waals surface area (Å²) in [7, 11) is 0. The van der Waals surface area contributed by atoms with Crippen molar-refractivity contribution in [3.8, 4) is 0 Å².